The van der Waals surface area contributed by atoms with Crippen LogP contribution in [0.25, 0.3) is 0 Å². The average molecular weight is 306 g/mol. The molecule has 0 aromatic carbocycles. The van der Waals surface area contributed by atoms with E-state index in [1.165, 1.54) is 10.8 Å². The van der Waals surface area contributed by atoms with Crippen molar-refractivity contribution in [3.63, 3.8) is 0 Å². The van der Waals surface area contributed by atoms with E-state index in [1.54, 1.807) is 7.05 Å². The van der Waals surface area contributed by atoms with Crippen molar-refractivity contribution in [2.75, 3.05) is 0 Å². The van der Waals surface area contributed by atoms with Crippen LogP contribution in [0.4, 0.5) is 0 Å². The van der Waals surface area contributed by atoms with Gasteiger partial charge in [0.05, 0.1) is 6.20 Å². The van der Waals surface area contributed by atoms with E-state index in [4.69, 9.17) is 11.6 Å². The highest BCUT2D eigenvalue weighted by molar-refractivity contribution is 7.89. The molecule has 0 bridgehead atoms. The molecular formula is C12H20ClN3O2S. The summed E-state index contributed by atoms with van der Waals surface area (Å²) in [6, 6.07) is -0.0116. The summed E-state index contributed by atoms with van der Waals surface area (Å²) in [4.78, 5) is 3.82. The Morgan fingerprint density at radius 1 is 1.42 bits per heavy atom. The molecule has 0 radical (unpaired) electrons. The monoisotopic (exact) mass is 305 g/mol. The quantitative estimate of drug-likeness (QED) is 0.931. The van der Waals surface area contributed by atoms with Crippen LogP contribution in [0.15, 0.2) is 11.2 Å². The maximum absolute atomic E-state index is 12.4. The first-order valence-corrected chi connectivity index (χ1v) is 8.38. The molecular weight excluding hydrogens is 286 g/mol. The number of halogens is 1. The van der Waals surface area contributed by atoms with Crippen LogP contribution in [0.3, 0.4) is 0 Å². The zero-order chi connectivity index (χ0) is 14.2. The van der Waals surface area contributed by atoms with E-state index in [-0.39, 0.29) is 16.4 Å². The largest absolute Gasteiger partial charge is 0.308 e. The Labute approximate surface area is 119 Å². The van der Waals surface area contributed by atoms with Crippen molar-refractivity contribution < 1.29 is 8.42 Å². The molecule has 1 heterocycles. The molecule has 1 aromatic rings. The fraction of sp³-hybridized carbons (Fsp3) is 0.750. The number of rotatable bonds is 3. The van der Waals surface area contributed by atoms with Crippen molar-refractivity contribution in [1.29, 1.82) is 0 Å². The zero-order valence-corrected chi connectivity index (χ0v) is 13.0. The highest BCUT2D eigenvalue weighted by Crippen LogP contribution is 2.30. The van der Waals surface area contributed by atoms with Crippen LogP contribution >= 0.6 is 11.6 Å². The van der Waals surface area contributed by atoms with Crippen molar-refractivity contribution >= 4 is 21.6 Å². The normalized spacial score (nSPS) is 28.5. The summed E-state index contributed by atoms with van der Waals surface area (Å²) in [5.74, 6) is 0.879. The van der Waals surface area contributed by atoms with E-state index in [0.717, 1.165) is 19.3 Å². The van der Waals surface area contributed by atoms with Crippen molar-refractivity contribution in [3.05, 3.63) is 11.5 Å². The highest BCUT2D eigenvalue weighted by atomic mass is 35.5. The number of aromatic nitrogens is 2. The Hall–Kier alpha value is -0.590. The van der Waals surface area contributed by atoms with Crippen LogP contribution in [0.2, 0.25) is 5.28 Å². The van der Waals surface area contributed by atoms with E-state index < -0.39 is 10.0 Å². The molecule has 1 aliphatic rings. The maximum atomic E-state index is 12.4. The number of imidazole rings is 1. The highest BCUT2D eigenvalue weighted by Gasteiger charge is 2.32. The van der Waals surface area contributed by atoms with Crippen LogP contribution < -0.4 is 4.72 Å². The number of sulfonamides is 1. The van der Waals surface area contributed by atoms with Crippen LogP contribution in [0.5, 0.6) is 0 Å². The Kier molecular flexibility index (Phi) is 4.23. The third-order valence-corrected chi connectivity index (χ3v) is 6.07. The summed E-state index contributed by atoms with van der Waals surface area (Å²) in [5, 5.41) is 0.286. The van der Waals surface area contributed by atoms with Gasteiger partial charge in [-0.3, -0.25) is 0 Å². The van der Waals surface area contributed by atoms with Gasteiger partial charge in [0, 0.05) is 13.1 Å². The first-order valence-electron chi connectivity index (χ1n) is 6.52. The first kappa shape index (κ1) is 14.8. The van der Waals surface area contributed by atoms with Crippen molar-refractivity contribution in [1.82, 2.24) is 14.3 Å². The molecule has 5 nitrogen and oxygen atoms in total. The summed E-state index contributed by atoms with van der Waals surface area (Å²) in [6.45, 7) is 4.28. The lowest BCUT2D eigenvalue weighted by atomic mass is 9.78. The van der Waals surface area contributed by atoms with E-state index in [9.17, 15) is 8.42 Å². The molecule has 1 saturated carbocycles. The maximum Gasteiger partial charge on any atom is 0.258 e. The van der Waals surface area contributed by atoms with Gasteiger partial charge in [-0.2, -0.15) is 0 Å². The van der Waals surface area contributed by atoms with Gasteiger partial charge in [0.1, 0.15) is 0 Å². The summed E-state index contributed by atoms with van der Waals surface area (Å²) < 4.78 is 28.9. The smallest absolute Gasteiger partial charge is 0.258 e. The van der Waals surface area contributed by atoms with E-state index in [1.807, 2.05) is 0 Å². The van der Waals surface area contributed by atoms with Gasteiger partial charge in [0.2, 0.25) is 5.28 Å². The lowest BCUT2D eigenvalue weighted by Crippen LogP contribution is -2.44. The second-order valence-corrected chi connectivity index (χ2v) is 7.42. The molecule has 0 saturated heterocycles. The Balaban J connectivity index is 2.20. The molecule has 0 aliphatic heterocycles. The summed E-state index contributed by atoms with van der Waals surface area (Å²) in [5.41, 5.74) is 0. The molecule has 1 aromatic heterocycles. The number of nitrogens with zero attached hydrogens (tertiary/aromatic N) is 2. The standard InChI is InChI=1S/C12H20ClN3O2S/c1-8-5-4-6-10(9(8)2)15-19(17,18)11-7-14-12(13)16(11)3/h7-10,15H,4-6H2,1-3H3. The zero-order valence-electron chi connectivity index (χ0n) is 11.4. The van der Waals surface area contributed by atoms with E-state index in [0.29, 0.717) is 11.8 Å². The minimum atomic E-state index is -3.56. The topological polar surface area (TPSA) is 64.0 Å². The minimum Gasteiger partial charge on any atom is -0.308 e. The van der Waals surface area contributed by atoms with Gasteiger partial charge in [-0.15, -0.1) is 0 Å². The van der Waals surface area contributed by atoms with Crippen molar-refractivity contribution in [2.45, 2.75) is 44.2 Å². The second-order valence-electron chi connectivity index (χ2n) is 5.42. The molecule has 0 amide bonds. The second kappa shape index (κ2) is 5.42. The Morgan fingerprint density at radius 2 is 2.11 bits per heavy atom. The minimum absolute atomic E-state index is 0.0116. The fourth-order valence-corrected chi connectivity index (χ4v) is 4.31. The van der Waals surface area contributed by atoms with Crippen LogP contribution in [-0.4, -0.2) is 24.0 Å². The van der Waals surface area contributed by atoms with Crippen LogP contribution in [0, 0.1) is 11.8 Å². The Morgan fingerprint density at radius 3 is 2.68 bits per heavy atom. The van der Waals surface area contributed by atoms with E-state index >= 15 is 0 Å². The number of hydrogen-bond donors (Lipinski definition) is 1. The number of hydrogen-bond acceptors (Lipinski definition) is 3. The molecule has 108 valence electrons. The van der Waals surface area contributed by atoms with Crippen molar-refractivity contribution in [2.24, 2.45) is 18.9 Å². The molecule has 19 heavy (non-hydrogen) atoms. The summed E-state index contributed by atoms with van der Waals surface area (Å²) in [7, 11) is -1.97. The number of nitrogens with one attached hydrogen (secondary N) is 1. The molecule has 3 unspecified atom stereocenters. The van der Waals surface area contributed by atoms with Gasteiger partial charge >= 0.3 is 0 Å². The third kappa shape index (κ3) is 2.95. The van der Waals surface area contributed by atoms with Gasteiger partial charge in [0.25, 0.3) is 10.0 Å². The first-order chi connectivity index (χ1) is 8.83. The molecule has 7 heteroatoms. The van der Waals surface area contributed by atoms with Crippen LogP contribution in [0.1, 0.15) is 33.1 Å². The molecule has 1 fully saturated rings. The van der Waals surface area contributed by atoms with E-state index in [2.05, 4.69) is 23.6 Å². The van der Waals surface area contributed by atoms with Crippen molar-refractivity contribution in [3.8, 4) is 0 Å². The third-order valence-electron chi connectivity index (χ3n) is 4.18. The summed E-state index contributed by atoms with van der Waals surface area (Å²) in [6.07, 6.45) is 4.40. The van der Waals surface area contributed by atoms with Crippen LogP contribution in [-0.2, 0) is 17.1 Å². The predicted molar refractivity (Wildman–Crippen MR) is 74.5 cm³/mol. The Bertz CT molecular complexity index is 555. The van der Waals surface area contributed by atoms with Gasteiger partial charge in [-0.25, -0.2) is 18.1 Å². The van der Waals surface area contributed by atoms with Gasteiger partial charge < -0.3 is 4.57 Å². The molecule has 0 spiro atoms. The van der Waals surface area contributed by atoms with Gasteiger partial charge in [-0.1, -0.05) is 26.7 Å². The SMILES string of the molecule is CC1CCCC(NS(=O)(=O)c2cnc(Cl)n2C)C1C. The molecule has 3 atom stereocenters. The average Bonchev–Trinajstić information content (AvgIpc) is 2.66. The molecule has 1 N–H and O–H groups in total. The van der Waals surface area contributed by atoms with Gasteiger partial charge in [-0.05, 0) is 29.9 Å². The lowest BCUT2D eigenvalue weighted by Gasteiger charge is -2.34. The predicted octanol–water partition coefficient (Wildman–Crippen LogP) is 2.18. The molecule has 1 aliphatic carbocycles. The lowest BCUT2D eigenvalue weighted by molar-refractivity contribution is 0.226. The van der Waals surface area contributed by atoms with Gasteiger partial charge in [0.15, 0.2) is 5.03 Å². The summed E-state index contributed by atoms with van der Waals surface area (Å²) >= 11 is 5.79. The fourth-order valence-electron chi connectivity index (χ4n) is 2.63. The molecule has 2 rings (SSSR count).